The topological polar surface area (TPSA) is 70.5 Å². The molecular formula is C56H44N2O2. The van der Waals surface area contributed by atoms with Crippen LogP contribution in [0.5, 0.6) is 11.5 Å². The molecular weight excluding hydrogens is 733 g/mol. The Morgan fingerprint density at radius 2 is 0.433 bits per heavy atom. The van der Waals surface area contributed by atoms with E-state index in [1.807, 2.05) is 24.3 Å². The number of nitrogen functional groups attached to an aromatic ring is 2. The van der Waals surface area contributed by atoms with Crippen LogP contribution in [0.1, 0.15) is 0 Å². The van der Waals surface area contributed by atoms with Crippen LogP contribution in [-0.2, 0) is 0 Å². The zero-order valence-corrected chi connectivity index (χ0v) is 33.6. The molecule has 0 saturated carbocycles. The van der Waals surface area contributed by atoms with Crippen LogP contribution in [0.15, 0.2) is 206 Å². The molecule has 0 fully saturated rings. The monoisotopic (exact) mass is 776 g/mol. The average molecular weight is 777 g/mol. The number of methoxy groups -OCH3 is 2. The molecule has 0 saturated heterocycles. The van der Waals surface area contributed by atoms with Gasteiger partial charge in [0.1, 0.15) is 11.5 Å². The van der Waals surface area contributed by atoms with Gasteiger partial charge in [0, 0.05) is 11.4 Å². The number of benzene rings is 9. The maximum absolute atomic E-state index is 6.09. The zero-order chi connectivity index (χ0) is 41.0. The SMILES string of the molecule is COc1ccc(-c2c(-c3ccccc3)c(-c3ccc(-c4ccc(N)cc4)cc3)c(-c3ccc(-c4ccc(N)cc4)cc3)c(-c3ccccc3)c2-c2ccc(OC)cc2)cc1. The number of anilines is 2. The molecule has 0 heterocycles. The van der Waals surface area contributed by atoms with Gasteiger partial charge in [0.25, 0.3) is 0 Å². The van der Waals surface area contributed by atoms with Crippen LogP contribution in [-0.4, -0.2) is 14.2 Å². The third kappa shape index (κ3) is 7.39. The van der Waals surface area contributed by atoms with Gasteiger partial charge >= 0.3 is 0 Å². The Morgan fingerprint density at radius 3 is 0.683 bits per heavy atom. The lowest BCUT2D eigenvalue weighted by Gasteiger charge is -2.29. The molecule has 0 atom stereocenters. The van der Waals surface area contributed by atoms with Crippen molar-refractivity contribution in [2.24, 2.45) is 0 Å². The molecule has 9 rings (SSSR count). The van der Waals surface area contributed by atoms with E-state index in [1.54, 1.807) is 14.2 Å². The van der Waals surface area contributed by atoms with E-state index in [1.165, 1.54) is 0 Å². The van der Waals surface area contributed by atoms with Crippen molar-refractivity contribution in [3.8, 4) is 101 Å². The summed E-state index contributed by atoms with van der Waals surface area (Å²) in [6, 6.07) is 72.5. The van der Waals surface area contributed by atoms with Gasteiger partial charge in [-0.2, -0.15) is 0 Å². The molecule has 0 spiro atoms. The molecule has 0 radical (unpaired) electrons. The van der Waals surface area contributed by atoms with Crippen LogP contribution in [0, 0.1) is 0 Å². The summed E-state index contributed by atoms with van der Waals surface area (Å²) in [6.07, 6.45) is 0. The van der Waals surface area contributed by atoms with Crippen molar-refractivity contribution in [3.05, 3.63) is 206 Å². The van der Waals surface area contributed by atoms with Gasteiger partial charge in [-0.15, -0.1) is 0 Å². The molecule has 60 heavy (non-hydrogen) atoms. The summed E-state index contributed by atoms with van der Waals surface area (Å²) in [4.78, 5) is 0. The molecule has 9 aromatic carbocycles. The van der Waals surface area contributed by atoms with Crippen molar-refractivity contribution in [2.75, 3.05) is 25.7 Å². The second kappa shape index (κ2) is 16.6. The van der Waals surface area contributed by atoms with E-state index < -0.39 is 0 Å². The molecule has 4 N–H and O–H groups in total. The highest BCUT2D eigenvalue weighted by atomic mass is 16.5. The molecule has 0 bridgehead atoms. The van der Waals surface area contributed by atoms with Crippen molar-refractivity contribution < 1.29 is 9.47 Å². The van der Waals surface area contributed by atoms with E-state index >= 15 is 0 Å². The van der Waals surface area contributed by atoms with Gasteiger partial charge in [0.2, 0.25) is 0 Å². The first-order valence-electron chi connectivity index (χ1n) is 20.1. The molecule has 0 aliphatic rings. The van der Waals surface area contributed by atoms with Crippen molar-refractivity contribution in [1.82, 2.24) is 0 Å². The maximum atomic E-state index is 6.09. The maximum Gasteiger partial charge on any atom is 0.118 e. The Morgan fingerprint density at radius 1 is 0.233 bits per heavy atom. The minimum Gasteiger partial charge on any atom is -0.497 e. The largest absolute Gasteiger partial charge is 0.497 e. The Kier molecular flexibility index (Phi) is 10.4. The van der Waals surface area contributed by atoms with Crippen LogP contribution >= 0.6 is 0 Å². The Labute approximate surface area is 352 Å². The number of ether oxygens (including phenoxy) is 2. The Hall–Kier alpha value is -7.82. The van der Waals surface area contributed by atoms with E-state index in [2.05, 4.69) is 182 Å². The van der Waals surface area contributed by atoms with E-state index in [-0.39, 0.29) is 0 Å². The summed E-state index contributed by atoms with van der Waals surface area (Å²) in [5.41, 5.74) is 31.4. The number of rotatable bonds is 10. The van der Waals surface area contributed by atoms with Crippen molar-refractivity contribution >= 4 is 11.4 Å². The highest BCUT2D eigenvalue weighted by Gasteiger charge is 2.29. The summed E-state index contributed by atoms with van der Waals surface area (Å²) in [6.45, 7) is 0. The highest BCUT2D eigenvalue weighted by molar-refractivity contribution is 6.15. The number of nitrogens with two attached hydrogens (primary N) is 2. The zero-order valence-electron chi connectivity index (χ0n) is 33.6. The van der Waals surface area contributed by atoms with E-state index in [4.69, 9.17) is 20.9 Å². The van der Waals surface area contributed by atoms with Crippen molar-refractivity contribution in [2.45, 2.75) is 0 Å². The van der Waals surface area contributed by atoms with Gasteiger partial charge in [-0.1, -0.05) is 158 Å². The lowest BCUT2D eigenvalue weighted by Crippen LogP contribution is -2.02. The molecule has 4 nitrogen and oxygen atoms in total. The Balaban J connectivity index is 1.46. The third-order valence-electron chi connectivity index (χ3n) is 11.2. The fourth-order valence-electron chi connectivity index (χ4n) is 8.22. The summed E-state index contributed by atoms with van der Waals surface area (Å²) in [7, 11) is 3.42. The van der Waals surface area contributed by atoms with Crippen LogP contribution in [0.4, 0.5) is 11.4 Å². The first kappa shape index (κ1) is 37.7. The average Bonchev–Trinajstić information content (AvgIpc) is 3.32. The summed E-state index contributed by atoms with van der Waals surface area (Å²) in [5, 5.41) is 0. The quantitative estimate of drug-likeness (QED) is 0.136. The second-order valence-electron chi connectivity index (χ2n) is 14.8. The molecule has 0 aromatic heterocycles. The molecule has 0 amide bonds. The van der Waals surface area contributed by atoms with Gasteiger partial charge in [-0.25, -0.2) is 0 Å². The van der Waals surface area contributed by atoms with Crippen LogP contribution in [0.25, 0.3) is 89.0 Å². The third-order valence-corrected chi connectivity index (χ3v) is 11.2. The van der Waals surface area contributed by atoms with Gasteiger partial charge < -0.3 is 20.9 Å². The predicted molar refractivity (Wildman–Crippen MR) is 252 cm³/mol. The predicted octanol–water partition coefficient (Wildman–Crippen LogP) is 14.2. The minimum absolute atomic E-state index is 0.742. The van der Waals surface area contributed by atoms with Crippen LogP contribution < -0.4 is 20.9 Å². The molecule has 0 aliphatic heterocycles. The number of hydrogen-bond acceptors (Lipinski definition) is 4. The lowest BCUT2D eigenvalue weighted by atomic mass is 9.74. The van der Waals surface area contributed by atoms with Crippen LogP contribution in [0.3, 0.4) is 0 Å². The van der Waals surface area contributed by atoms with E-state index in [9.17, 15) is 0 Å². The fourth-order valence-corrected chi connectivity index (χ4v) is 8.22. The smallest absolute Gasteiger partial charge is 0.118 e. The molecule has 9 aromatic rings. The number of hydrogen-bond donors (Lipinski definition) is 2. The fraction of sp³-hybridized carbons (Fsp3) is 0.0357. The van der Waals surface area contributed by atoms with Crippen LogP contribution in [0.2, 0.25) is 0 Å². The van der Waals surface area contributed by atoms with Gasteiger partial charge in [0.15, 0.2) is 0 Å². The van der Waals surface area contributed by atoms with Gasteiger partial charge in [-0.3, -0.25) is 0 Å². The lowest BCUT2D eigenvalue weighted by molar-refractivity contribution is 0.414. The summed E-state index contributed by atoms with van der Waals surface area (Å²) in [5.74, 6) is 1.59. The molecule has 4 heteroatoms. The second-order valence-corrected chi connectivity index (χ2v) is 14.8. The first-order chi connectivity index (χ1) is 29.5. The normalized spacial score (nSPS) is 11.0. The minimum atomic E-state index is 0.742. The summed E-state index contributed by atoms with van der Waals surface area (Å²) >= 11 is 0. The Bertz CT molecular complexity index is 2670. The van der Waals surface area contributed by atoms with Crippen molar-refractivity contribution in [1.29, 1.82) is 0 Å². The molecule has 0 unspecified atom stereocenters. The summed E-state index contributed by atoms with van der Waals surface area (Å²) < 4.78 is 11.4. The standard InChI is InChI=1S/C56H44N2O2/c1-59-49-33-25-45(26-34-49)55-51(41-9-5-3-6-10-41)53(43-17-13-37(14-18-43)39-21-29-47(57)30-22-39)54(44-19-15-38(16-20-44)40-23-31-48(58)32-24-40)52(42-11-7-4-8-12-42)56(55)46-27-35-50(60-2)36-28-46/h3-36H,57-58H2,1-2H3. The van der Waals surface area contributed by atoms with Crippen molar-refractivity contribution in [3.63, 3.8) is 0 Å². The van der Waals surface area contributed by atoms with Gasteiger partial charge in [0.05, 0.1) is 14.2 Å². The molecule has 0 aliphatic carbocycles. The van der Waals surface area contributed by atoms with E-state index in [0.29, 0.717) is 0 Å². The van der Waals surface area contributed by atoms with E-state index in [0.717, 1.165) is 112 Å². The highest BCUT2D eigenvalue weighted by Crippen LogP contribution is 2.56. The first-order valence-corrected chi connectivity index (χ1v) is 20.1. The molecule has 290 valence electrons. The van der Waals surface area contributed by atoms with Gasteiger partial charge in [-0.05, 0) is 138 Å².